The molecule has 0 amide bonds. The molecule has 4 rings (SSSR count). The second kappa shape index (κ2) is 8.41. The van der Waals surface area contributed by atoms with Gasteiger partial charge in [0, 0.05) is 17.6 Å². The average Bonchev–Trinajstić information content (AvgIpc) is 2.70. The number of carboxylic acids is 1. The largest absolute Gasteiger partial charge is 0.481 e. The van der Waals surface area contributed by atoms with Gasteiger partial charge in [-0.25, -0.2) is 0 Å². The molecular formula is C25H34N2O2. The van der Waals surface area contributed by atoms with E-state index in [0.29, 0.717) is 6.42 Å². The van der Waals surface area contributed by atoms with Gasteiger partial charge >= 0.3 is 5.97 Å². The van der Waals surface area contributed by atoms with Crippen LogP contribution in [0.3, 0.4) is 0 Å². The van der Waals surface area contributed by atoms with Gasteiger partial charge in [0.2, 0.25) is 0 Å². The quantitative estimate of drug-likeness (QED) is 0.716. The molecule has 0 radical (unpaired) electrons. The van der Waals surface area contributed by atoms with Crippen LogP contribution in [0.15, 0.2) is 11.1 Å². The Morgan fingerprint density at radius 2 is 1.93 bits per heavy atom. The van der Waals surface area contributed by atoms with Crippen LogP contribution in [0, 0.1) is 18.8 Å². The van der Waals surface area contributed by atoms with Crippen LogP contribution in [0.25, 0.3) is 5.57 Å². The number of fused-ring (bicyclic) bond motifs is 2. The molecule has 1 aromatic heterocycles. The van der Waals surface area contributed by atoms with E-state index >= 15 is 0 Å². The highest BCUT2D eigenvalue weighted by atomic mass is 16.4. The van der Waals surface area contributed by atoms with E-state index in [1.807, 2.05) is 13.1 Å². The Balaban J connectivity index is 1.90. The summed E-state index contributed by atoms with van der Waals surface area (Å²) >= 11 is 0. The minimum Gasteiger partial charge on any atom is -0.481 e. The first-order valence-corrected chi connectivity index (χ1v) is 11.5. The Bertz CT molecular complexity index is 855. The van der Waals surface area contributed by atoms with Crippen molar-refractivity contribution in [2.24, 2.45) is 16.8 Å². The molecule has 1 aliphatic heterocycles. The maximum absolute atomic E-state index is 12.3. The number of dihydropyridines is 1. The fourth-order valence-corrected chi connectivity index (χ4v) is 5.92. The highest BCUT2D eigenvalue weighted by Gasteiger charge is 2.36. The van der Waals surface area contributed by atoms with Crippen LogP contribution in [0.5, 0.6) is 0 Å². The Morgan fingerprint density at radius 1 is 1.21 bits per heavy atom. The number of carboxylic acid groups (broad SMARTS) is 1. The van der Waals surface area contributed by atoms with E-state index in [1.54, 1.807) is 0 Å². The zero-order valence-electron chi connectivity index (χ0n) is 18.1. The van der Waals surface area contributed by atoms with Gasteiger partial charge in [0.1, 0.15) is 0 Å². The second-order valence-corrected chi connectivity index (χ2v) is 9.35. The number of aryl methyl sites for hydroxylation is 1. The molecule has 0 spiro atoms. The molecule has 1 saturated carbocycles. The number of carbonyl (C=O) groups is 1. The SMILES string of the molecule is CCCC(C(=O)O)c1c(C)nc2c(c1C1=CC=NC(C)C1)CC1CCCCC1C2. The van der Waals surface area contributed by atoms with Crippen molar-refractivity contribution in [1.29, 1.82) is 0 Å². The Kier molecular flexibility index (Phi) is 5.89. The lowest BCUT2D eigenvalue weighted by molar-refractivity contribution is -0.139. The first-order valence-electron chi connectivity index (χ1n) is 11.5. The summed E-state index contributed by atoms with van der Waals surface area (Å²) in [5.74, 6) is 0.292. The molecule has 3 aliphatic rings. The van der Waals surface area contributed by atoms with Gasteiger partial charge < -0.3 is 5.11 Å². The summed E-state index contributed by atoms with van der Waals surface area (Å²) in [6.07, 6.45) is 13.9. The van der Waals surface area contributed by atoms with Gasteiger partial charge in [0.05, 0.1) is 12.0 Å². The molecule has 4 unspecified atom stereocenters. The number of aliphatic carboxylic acids is 1. The van der Waals surface area contributed by atoms with Crippen molar-refractivity contribution in [1.82, 2.24) is 4.98 Å². The van der Waals surface area contributed by atoms with Crippen molar-refractivity contribution >= 4 is 17.8 Å². The predicted octanol–water partition coefficient (Wildman–Crippen LogP) is 5.51. The second-order valence-electron chi connectivity index (χ2n) is 9.35. The van der Waals surface area contributed by atoms with Crippen LogP contribution in [0.1, 0.15) is 92.8 Å². The zero-order valence-corrected chi connectivity index (χ0v) is 18.1. The van der Waals surface area contributed by atoms with E-state index in [2.05, 4.69) is 24.9 Å². The lowest BCUT2D eigenvalue weighted by Gasteiger charge is -2.38. The third-order valence-corrected chi connectivity index (χ3v) is 7.28. The molecule has 1 N–H and O–H groups in total. The van der Waals surface area contributed by atoms with Gasteiger partial charge in [-0.1, -0.05) is 26.2 Å². The van der Waals surface area contributed by atoms with Crippen LogP contribution in [0.2, 0.25) is 0 Å². The molecule has 0 saturated heterocycles. The molecule has 4 nitrogen and oxygen atoms in total. The molecule has 2 aliphatic carbocycles. The molecule has 29 heavy (non-hydrogen) atoms. The molecule has 4 heteroatoms. The van der Waals surface area contributed by atoms with Gasteiger partial charge in [-0.15, -0.1) is 0 Å². The summed E-state index contributed by atoms with van der Waals surface area (Å²) in [5, 5.41) is 10.1. The first-order chi connectivity index (χ1) is 14.0. The summed E-state index contributed by atoms with van der Waals surface area (Å²) < 4.78 is 0. The number of nitrogens with zero attached hydrogens (tertiary/aromatic N) is 2. The van der Waals surface area contributed by atoms with Crippen LogP contribution < -0.4 is 0 Å². The fourth-order valence-electron chi connectivity index (χ4n) is 5.92. The number of pyridine rings is 1. The molecule has 1 fully saturated rings. The van der Waals surface area contributed by atoms with Crippen molar-refractivity contribution in [3.8, 4) is 0 Å². The lowest BCUT2D eigenvalue weighted by Crippen LogP contribution is -2.31. The van der Waals surface area contributed by atoms with Gasteiger partial charge in [-0.2, -0.15) is 0 Å². The predicted molar refractivity (Wildman–Crippen MR) is 118 cm³/mol. The van der Waals surface area contributed by atoms with Gasteiger partial charge in [-0.05, 0) is 92.5 Å². The number of rotatable bonds is 5. The van der Waals surface area contributed by atoms with E-state index in [9.17, 15) is 9.90 Å². The van der Waals surface area contributed by atoms with Crippen molar-refractivity contribution in [2.45, 2.75) is 90.5 Å². The van der Waals surface area contributed by atoms with Gasteiger partial charge in [0.25, 0.3) is 0 Å². The normalized spacial score (nSPS) is 27.0. The summed E-state index contributed by atoms with van der Waals surface area (Å²) in [5.41, 5.74) is 6.97. The van der Waals surface area contributed by atoms with E-state index in [1.165, 1.54) is 48.1 Å². The van der Waals surface area contributed by atoms with E-state index in [-0.39, 0.29) is 6.04 Å². The summed E-state index contributed by atoms with van der Waals surface area (Å²) in [6, 6.07) is 0.243. The highest BCUT2D eigenvalue weighted by Crippen LogP contribution is 2.45. The molecule has 1 aromatic rings. The lowest BCUT2D eigenvalue weighted by atomic mass is 9.67. The first kappa shape index (κ1) is 20.3. The number of hydrogen-bond donors (Lipinski definition) is 1. The van der Waals surface area contributed by atoms with E-state index in [4.69, 9.17) is 4.98 Å². The van der Waals surface area contributed by atoms with Crippen LogP contribution >= 0.6 is 0 Å². The monoisotopic (exact) mass is 394 g/mol. The van der Waals surface area contributed by atoms with Gasteiger partial charge in [-0.3, -0.25) is 14.8 Å². The standard InChI is InChI=1S/C25H34N2O2/c1-4-7-20(25(28)29)23-16(3)27-22-14-18-9-6-5-8-17(18)13-21(22)24(23)19-10-11-26-15(2)12-19/h10-11,15,17-18,20H,4-9,12-14H2,1-3H3,(H,28,29). The summed E-state index contributed by atoms with van der Waals surface area (Å²) in [6.45, 7) is 6.23. The number of aliphatic imine (C=N–C) groups is 1. The highest BCUT2D eigenvalue weighted by molar-refractivity contribution is 5.90. The zero-order chi connectivity index (χ0) is 20.5. The maximum atomic E-state index is 12.3. The van der Waals surface area contributed by atoms with Gasteiger partial charge in [0.15, 0.2) is 0 Å². The summed E-state index contributed by atoms with van der Waals surface area (Å²) in [4.78, 5) is 21.8. The Hall–Kier alpha value is -1.97. The number of hydrogen-bond acceptors (Lipinski definition) is 3. The number of allylic oxidation sites excluding steroid dienone is 1. The van der Waals surface area contributed by atoms with Crippen molar-refractivity contribution in [2.75, 3.05) is 0 Å². The van der Waals surface area contributed by atoms with Crippen LogP contribution in [-0.4, -0.2) is 28.3 Å². The van der Waals surface area contributed by atoms with Crippen molar-refractivity contribution in [3.05, 3.63) is 34.2 Å². The average molecular weight is 395 g/mol. The third kappa shape index (κ3) is 3.91. The minimum atomic E-state index is -0.720. The van der Waals surface area contributed by atoms with Crippen molar-refractivity contribution in [3.63, 3.8) is 0 Å². The number of aromatic nitrogens is 1. The molecule has 156 valence electrons. The Morgan fingerprint density at radius 3 is 2.59 bits per heavy atom. The third-order valence-electron chi connectivity index (χ3n) is 7.28. The van der Waals surface area contributed by atoms with Crippen LogP contribution in [-0.2, 0) is 17.6 Å². The topological polar surface area (TPSA) is 62.5 Å². The van der Waals surface area contributed by atoms with Crippen molar-refractivity contribution < 1.29 is 9.90 Å². The minimum absolute atomic E-state index is 0.243. The maximum Gasteiger partial charge on any atom is 0.311 e. The molecular weight excluding hydrogens is 360 g/mol. The van der Waals surface area contributed by atoms with Crippen LogP contribution in [0.4, 0.5) is 0 Å². The molecule has 0 bridgehead atoms. The van der Waals surface area contributed by atoms with E-state index in [0.717, 1.165) is 48.8 Å². The Labute approximate surface area is 174 Å². The van der Waals surface area contributed by atoms with E-state index < -0.39 is 11.9 Å². The fraction of sp³-hybridized carbons (Fsp3) is 0.640. The molecule has 2 heterocycles. The summed E-state index contributed by atoms with van der Waals surface area (Å²) in [7, 11) is 0. The molecule has 0 aromatic carbocycles. The molecule has 4 atom stereocenters. The smallest absolute Gasteiger partial charge is 0.311 e.